The van der Waals surface area contributed by atoms with E-state index in [0.29, 0.717) is 28.3 Å². The third kappa shape index (κ3) is 2.07. The minimum absolute atomic E-state index is 0.262. The van der Waals surface area contributed by atoms with Gasteiger partial charge in [-0.3, -0.25) is 14.7 Å². The van der Waals surface area contributed by atoms with Gasteiger partial charge in [0.1, 0.15) is 5.69 Å². The van der Waals surface area contributed by atoms with Gasteiger partial charge in [-0.2, -0.15) is 5.10 Å². The fourth-order valence-electron chi connectivity index (χ4n) is 3.26. The molecule has 1 aliphatic heterocycles. The fourth-order valence-corrected chi connectivity index (χ4v) is 3.26. The van der Waals surface area contributed by atoms with Crippen LogP contribution in [0.5, 0.6) is 0 Å². The van der Waals surface area contributed by atoms with Gasteiger partial charge < -0.3 is 15.2 Å². The molecule has 2 amide bonds. The van der Waals surface area contributed by atoms with Gasteiger partial charge in [0, 0.05) is 31.0 Å². The third-order valence-corrected chi connectivity index (χ3v) is 4.64. The summed E-state index contributed by atoms with van der Waals surface area (Å²) in [5.41, 5.74) is 3.12. The van der Waals surface area contributed by atoms with Crippen LogP contribution < -0.4 is 5.32 Å². The summed E-state index contributed by atoms with van der Waals surface area (Å²) in [5, 5.41) is 9.90. The Hall–Kier alpha value is -3.16. The summed E-state index contributed by atoms with van der Waals surface area (Å²) in [7, 11) is 3.29. The smallest absolute Gasteiger partial charge is 0.244 e. The molecule has 0 bridgehead atoms. The quantitative estimate of drug-likeness (QED) is 0.616. The number of aromatic nitrogens is 4. The van der Waals surface area contributed by atoms with E-state index in [1.54, 1.807) is 27.1 Å². The van der Waals surface area contributed by atoms with E-state index in [4.69, 9.17) is 0 Å². The molecule has 0 aliphatic carbocycles. The summed E-state index contributed by atoms with van der Waals surface area (Å²) in [6, 6.07) is 5.50. The monoisotopic (exact) mass is 338 g/mol. The van der Waals surface area contributed by atoms with E-state index in [1.165, 1.54) is 4.90 Å². The van der Waals surface area contributed by atoms with Crippen LogP contribution in [0.25, 0.3) is 22.6 Å². The molecule has 1 atom stereocenters. The standard InChI is InChI=1S/C17H18N6O2/c1-8-5-13(22-21-8)14-18-11-6-9-10(7-12(11)19-14)20-15(24)17(9,2)16(25)23(3)4/h5-7H,1-4H3,(H,18,19)(H,20,24)(H,21,22). The first-order valence-electron chi connectivity index (χ1n) is 7.90. The van der Waals surface area contributed by atoms with Gasteiger partial charge in [-0.15, -0.1) is 0 Å². The molecule has 0 saturated heterocycles. The van der Waals surface area contributed by atoms with Crippen LogP contribution >= 0.6 is 0 Å². The van der Waals surface area contributed by atoms with E-state index in [-0.39, 0.29) is 11.8 Å². The van der Waals surface area contributed by atoms with Gasteiger partial charge in [0.05, 0.1) is 11.0 Å². The highest BCUT2D eigenvalue weighted by Crippen LogP contribution is 2.41. The fraction of sp³-hybridized carbons (Fsp3) is 0.294. The number of aromatic amines is 2. The number of aryl methyl sites for hydroxylation is 1. The molecule has 3 N–H and O–H groups in total. The van der Waals surface area contributed by atoms with Crippen molar-refractivity contribution in [1.29, 1.82) is 0 Å². The first kappa shape index (κ1) is 15.4. The molecule has 0 spiro atoms. The first-order valence-corrected chi connectivity index (χ1v) is 7.90. The summed E-state index contributed by atoms with van der Waals surface area (Å²) < 4.78 is 0. The summed E-state index contributed by atoms with van der Waals surface area (Å²) in [5.74, 6) is 0.0498. The van der Waals surface area contributed by atoms with Crippen LogP contribution in [-0.2, 0) is 15.0 Å². The molecule has 0 radical (unpaired) electrons. The van der Waals surface area contributed by atoms with Crippen LogP contribution in [0.2, 0.25) is 0 Å². The van der Waals surface area contributed by atoms with E-state index in [2.05, 4.69) is 25.5 Å². The Bertz CT molecular complexity index is 1030. The van der Waals surface area contributed by atoms with E-state index < -0.39 is 5.41 Å². The van der Waals surface area contributed by atoms with Crippen LogP contribution in [0.1, 0.15) is 18.2 Å². The van der Waals surface area contributed by atoms with Crippen LogP contribution in [0.15, 0.2) is 18.2 Å². The topological polar surface area (TPSA) is 107 Å². The lowest BCUT2D eigenvalue weighted by molar-refractivity contribution is -0.139. The third-order valence-electron chi connectivity index (χ3n) is 4.64. The van der Waals surface area contributed by atoms with Crippen LogP contribution in [0.3, 0.4) is 0 Å². The van der Waals surface area contributed by atoms with Gasteiger partial charge in [-0.25, -0.2) is 4.98 Å². The van der Waals surface area contributed by atoms with Gasteiger partial charge in [-0.05, 0) is 32.0 Å². The van der Waals surface area contributed by atoms with Crippen LogP contribution in [0.4, 0.5) is 5.69 Å². The second-order valence-electron chi connectivity index (χ2n) is 6.72. The molecule has 8 heteroatoms. The average molecular weight is 338 g/mol. The predicted octanol–water partition coefficient (Wildman–Crippen LogP) is 1.56. The Morgan fingerprint density at radius 2 is 2.00 bits per heavy atom. The number of fused-ring (bicyclic) bond motifs is 2. The molecule has 1 aromatic carbocycles. The normalized spacial score (nSPS) is 19.1. The highest BCUT2D eigenvalue weighted by molar-refractivity contribution is 6.21. The zero-order valence-electron chi connectivity index (χ0n) is 14.4. The van der Waals surface area contributed by atoms with Gasteiger partial charge in [0.15, 0.2) is 11.2 Å². The van der Waals surface area contributed by atoms with Crippen molar-refractivity contribution in [2.24, 2.45) is 0 Å². The molecule has 3 heterocycles. The van der Waals surface area contributed by atoms with E-state index >= 15 is 0 Å². The van der Waals surface area contributed by atoms with Gasteiger partial charge >= 0.3 is 0 Å². The Kier molecular flexibility index (Phi) is 3.02. The summed E-state index contributed by atoms with van der Waals surface area (Å²) in [6.07, 6.45) is 0. The van der Waals surface area contributed by atoms with Crippen molar-refractivity contribution in [3.8, 4) is 11.5 Å². The lowest BCUT2D eigenvalue weighted by atomic mass is 9.82. The van der Waals surface area contributed by atoms with E-state index in [0.717, 1.165) is 11.2 Å². The number of benzene rings is 1. The number of rotatable bonds is 2. The Morgan fingerprint density at radius 3 is 2.64 bits per heavy atom. The minimum Gasteiger partial charge on any atom is -0.348 e. The molecule has 128 valence electrons. The maximum Gasteiger partial charge on any atom is 0.244 e. The molecule has 8 nitrogen and oxygen atoms in total. The maximum absolute atomic E-state index is 12.6. The number of anilines is 1. The van der Waals surface area contributed by atoms with Crippen molar-refractivity contribution in [1.82, 2.24) is 25.1 Å². The van der Waals surface area contributed by atoms with Crippen molar-refractivity contribution in [2.75, 3.05) is 19.4 Å². The molecular weight excluding hydrogens is 320 g/mol. The number of H-pyrrole nitrogens is 2. The molecule has 2 aromatic heterocycles. The zero-order chi connectivity index (χ0) is 17.9. The highest BCUT2D eigenvalue weighted by Gasteiger charge is 2.50. The first-order chi connectivity index (χ1) is 11.8. The van der Waals surface area contributed by atoms with Crippen molar-refractivity contribution in [2.45, 2.75) is 19.3 Å². The number of hydrogen-bond acceptors (Lipinski definition) is 4. The number of amides is 2. The van der Waals surface area contributed by atoms with Crippen molar-refractivity contribution in [3.63, 3.8) is 0 Å². The molecule has 0 fully saturated rings. The van der Waals surface area contributed by atoms with Crippen molar-refractivity contribution < 1.29 is 9.59 Å². The average Bonchev–Trinajstić information content (AvgIpc) is 3.22. The zero-order valence-corrected chi connectivity index (χ0v) is 14.4. The molecule has 0 saturated carbocycles. The molecular formula is C17H18N6O2. The predicted molar refractivity (Wildman–Crippen MR) is 93.1 cm³/mol. The summed E-state index contributed by atoms with van der Waals surface area (Å²) >= 11 is 0. The number of likely N-dealkylation sites (N-methyl/N-ethyl adjacent to an activating group) is 1. The van der Waals surface area contributed by atoms with Crippen molar-refractivity contribution >= 4 is 28.5 Å². The highest BCUT2D eigenvalue weighted by atomic mass is 16.2. The SMILES string of the molecule is Cc1cc(-c2nc3cc4c(cc3[nH]2)NC(=O)C4(C)C(=O)N(C)C)n[nH]1. The van der Waals surface area contributed by atoms with Gasteiger partial charge in [-0.1, -0.05) is 0 Å². The largest absolute Gasteiger partial charge is 0.348 e. The Morgan fingerprint density at radius 1 is 1.24 bits per heavy atom. The molecule has 25 heavy (non-hydrogen) atoms. The van der Waals surface area contributed by atoms with E-state index in [1.807, 2.05) is 19.1 Å². The second kappa shape index (κ2) is 4.92. The summed E-state index contributed by atoms with van der Waals surface area (Å²) in [6.45, 7) is 3.56. The number of nitrogens with zero attached hydrogens (tertiary/aromatic N) is 3. The molecule has 1 unspecified atom stereocenters. The van der Waals surface area contributed by atoms with Gasteiger partial charge in [0.25, 0.3) is 0 Å². The minimum atomic E-state index is -1.25. The lowest BCUT2D eigenvalue weighted by Crippen LogP contribution is -2.46. The Balaban J connectivity index is 1.87. The molecule has 1 aliphatic rings. The Labute approximate surface area is 143 Å². The second-order valence-corrected chi connectivity index (χ2v) is 6.72. The van der Waals surface area contributed by atoms with Crippen LogP contribution in [0, 0.1) is 6.92 Å². The van der Waals surface area contributed by atoms with Crippen LogP contribution in [-0.4, -0.2) is 51.0 Å². The number of imidazole rings is 1. The molecule has 3 aromatic rings. The van der Waals surface area contributed by atoms with Crippen molar-refractivity contribution in [3.05, 3.63) is 29.5 Å². The number of nitrogens with one attached hydrogen (secondary N) is 3. The maximum atomic E-state index is 12.6. The number of hydrogen-bond donors (Lipinski definition) is 3. The van der Waals surface area contributed by atoms with Gasteiger partial charge in [0.2, 0.25) is 11.8 Å². The lowest BCUT2D eigenvalue weighted by Gasteiger charge is -2.24. The number of carbonyl (C=O) groups is 2. The van der Waals surface area contributed by atoms with E-state index in [9.17, 15) is 9.59 Å². The molecule has 4 rings (SSSR count). The number of carbonyl (C=O) groups excluding carboxylic acids is 2. The summed E-state index contributed by atoms with van der Waals surface area (Å²) in [4.78, 5) is 34.3.